The van der Waals surface area contributed by atoms with Gasteiger partial charge in [0.1, 0.15) is 4.99 Å². The summed E-state index contributed by atoms with van der Waals surface area (Å²) in [5.74, 6) is 0.765. The van der Waals surface area contributed by atoms with Gasteiger partial charge in [-0.2, -0.15) is 0 Å². The average Bonchev–Trinajstić information content (AvgIpc) is 2.85. The van der Waals surface area contributed by atoms with Crippen LogP contribution in [0.4, 0.5) is 0 Å². The number of hydrogen-bond donors (Lipinski definition) is 1. The monoisotopic (exact) mass is 288 g/mol. The molecule has 0 aliphatic heterocycles. The minimum absolute atomic E-state index is 0.467. The van der Waals surface area contributed by atoms with E-state index in [1.807, 2.05) is 6.07 Å². The first-order chi connectivity index (χ1) is 9.65. The van der Waals surface area contributed by atoms with E-state index in [0.717, 1.165) is 18.0 Å². The predicted octanol–water partition coefficient (Wildman–Crippen LogP) is 4.49. The molecule has 2 rings (SSSR count). The quantitative estimate of drug-likeness (QED) is 0.761. The molecule has 1 aromatic heterocycles. The molecule has 2 N–H and O–H groups in total. The van der Waals surface area contributed by atoms with Crippen molar-refractivity contribution in [3.8, 4) is 0 Å². The van der Waals surface area contributed by atoms with Crippen LogP contribution in [0.5, 0.6) is 0 Å². The summed E-state index contributed by atoms with van der Waals surface area (Å²) < 4.78 is 2.36. The fraction of sp³-hybridized carbons (Fsp3) is 0.471. The van der Waals surface area contributed by atoms with Crippen molar-refractivity contribution < 1.29 is 0 Å². The highest BCUT2D eigenvalue weighted by atomic mass is 32.1. The number of rotatable bonds is 7. The van der Waals surface area contributed by atoms with Gasteiger partial charge in [0.15, 0.2) is 0 Å². The molecule has 1 unspecified atom stereocenters. The largest absolute Gasteiger partial charge is 0.389 e. The molecule has 2 nitrogen and oxygen atoms in total. The van der Waals surface area contributed by atoms with E-state index in [4.69, 9.17) is 18.0 Å². The van der Waals surface area contributed by atoms with Crippen molar-refractivity contribution in [1.29, 1.82) is 0 Å². The SMILES string of the molecule is CCCCC(CC)Cn1ccc2cc(C(N)=S)ccc21. The zero-order chi connectivity index (χ0) is 14.5. The Morgan fingerprint density at radius 1 is 1.30 bits per heavy atom. The number of aromatic nitrogens is 1. The number of nitrogens with two attached hydrogens (primary N) is 1. The van der Waals surface area contributed by atoms with Gasteiger partial charge in [0.05, 0.1) is 0 Å². The van der Waals surface area contributed by atoms with Crippen molar-refractivity contribution in [3.63, 3.8) is 0 Å². The Kier molecular flexibility index (Phi) is 5.18. The Hall–Kier alpha value is -1.35. The molecule has 0 saturated heterocycles. The fourth-order valence-corrected chi connectivity index (χ4v) is 2.84. The van der Waals surface area contributed by atoms with Crippen molar-refractivity contribution in [3.05, 3.63) is 36.0 Å². The molecule has 108 valence electrons. The number of nitrogens with zero attached hydrogens (tertiary/aromatic N) is 1. The van der Waals surface area contributed by atoms with Crippen molar-refractivity contribution in [2.45, 2.75) is 46.1 Å². The second-order valence-corrected chi connectivity index (χ2v) is 5.96. The molecule has 0 spiro atoms. The molecule has 2 aromatic rings. The van der Waals surface area contributed by atoms with Crippen LogP contribution in [0.1, 0.15) is 45.1 Å². The molecule has 0 aliphatic rings. The third-order valence-corrected chi connectivity index (χ3v) is 4.29. The van der Waals surface area contributed by atoms with Crippen LogP contribution in [0.15, 0.2) is 30.5 Å². The van der Waals surface area contributed by atoms with E-state index in [1.165, 1.54) is 36.6 Å². The van der Waals surface area contributed by atoms with Gasteiger partial charge in [0.2, 0.25) is 0 Å². The molecule has 0 saturated carbocycles. The lowest BCUT2D eigenvalue weighted by atomic mass is 9.99. The second kappa shape index (κ2) is 6.89. The summed E-state index contributed by atoms with van der Waals surface area (Å²) in [7, 11) is 0. The van der Waals surface area contributed by atoms with E-state index < -0.39 is 0 Å². The van der Waals surface area contributed by atoms with Gasteiger partial charge in [0.25, 0.3) is 0 Å². The maximum Gasteiger partial charge on any atom is 0.104 e. The third-order valence-electron chi connectivity index (χ3n) is 4.05. The minimum atomic E-state index is 0.467. The number of thiocarbonyl (C=S) groups is 1. The summed E-state index contributed by atoms with van der Waals surface area (Å²) in [4.78, 5) is 0.467. The van der Waals surface area contributed by atoms with Crippen molar-refractivity contribution in [2.24, 2.45) is 11.7 Å². The lowest BCUT2D eigenvalue weighted by Crippen LogP contribution is -2.10. The van der Waals surface area contributed by atoms with Gasteiger partial charge >= 0.3 is 0 Å². The molecule has 3 heteroatoms. The molecule has 20 heavy (non-hydrogen) atoms. The number of hydrogen-bond acceptors (Lipinski definition) is 1. The zero-order valence-electron chi connectivity index (χ0n) is 12.4. The van der Waals surface area contributed by atoms with E-state index in [1.54, 1.807) is 0 Å². The van der Waals surface area contributed by atoms with E-state index in [9.17, 15) is 0 Å². The Balaban J connectivity index is 2.20. The highest BCUT2D eigenvalue weighted by molar-refractivity contribution is 7.80. The molecule has 0 amide bonds. The molecule has 1 atom stereocenters. The Morgan fingerprint density at radius 2 is 2.10 bits per heavy atom. The second-order valence-electron chi connectivity index (χ2n) is 5.52. The molecule has 0 aliphatic carbocycles. The average molecular weight is 288 g/mol. The highest BCUT2D eigenvalue weighted by Crippen LogP contribution is 2.22. The van der Waals surface area contributed by atoms with Crippen molar-refractivity contribution in [2.75, 3.05) is 0 Å². The number of benzene rings is 1. The third kappa shape index (κ3) is 3.40. The van der Waals surface area contributed by atoms with Gasteiger partial charge in [-0.15, -0.1) is 0 Å². The zero-order valence-corrected chi connectivity index (χ0v) is 13.2. The normalized spacial score (nSPS) is 12.7. The molecular weight excluding hydrogens is 264 g/mol. The summed E-state index contributed by atoms with van der Waals surface area (Å²) in [5.41, 5.74) is 7.92. The first-order valence-corrected chi connectivity index (χ1v) is 7.95. The molecule has 0 fully saturated rings. The first-order valence-electron chi connectivity index (χ1n) is 7.54. The van der Waals surface area contributed by atoms with Crippen molar-refractivity contribution >= 4 is 28.1 Å². The molecule has 0 bridgehead atoms. The lowest BCUT2D eigenvalue weighted by Gasteiger charge is -2.16. The Labute approximate surface area is 127 Å². The van der Waals surface area contributed by atoms with Crippen molar-refractivity contribution in [1.82, 2.24) is 4.57 Å². The van der Waals surface area contributed by atoms with Gasteiger partial charge < -0.3 is 10.3 Å². The van der Waals surface area contributed by atoms with Crippen LogP contribution in [0, 0.1) is 5.92 Å². The van der Waals surface area contributed by atoms with E-state index in [0.29, 0.717) is 4.99 Å². The number of fused-ring (bicyclic) bond motifs is 1. The molecule has 0 radical (unpaired) electrons. The maximum absolute atomic E-state index is 5.69. The van der Waals surface area contributed by atoms with Gasteiger partial charge in [-0.25, -0.2) is 0 Å². The summed E-state index contributed by atoms with van der Waals surface area (Å²) in [5, 5.41) is 1.22. The van der Waals surface area contributed by atoms with Crippen LogP contribution in [0.3, 0.4) is 0 Å². The first kappa shape index (κ1) is 15.0. The highest BCUT2D eigenvalue weighted by Gasteiger charge is 2.09. The summed E-state index contributed by atoms with van der Waals surface area (Å²) in [6.45, 7) is 5.65. The summed E-state index contributed by atoms with van der Waals surface area (Å²) in [6.07, 6.45) is 7.34. The molecule has 1 aromatic carbocycles. The van der Waals surface area contributed by atoms with Gasteiger partial charge in [0, 0.05) is 29.2 Å². The van der Waals surface area contributed by atoms with Crippen LogP contribution >= 0.6 is 12.2 Å². The van der Waals surface area contributed by atoms with Crippen LogP contribution in [0.2, 0.25) is 0 Å². The van der Waals surface area contributed by atoms with Crippen LogP contribution in [0.25, 0.3) is 10.9 Å². The van der Waals surface area contributed by atoms with E-state index in [-0.39, 0.29) is 0 Å². The molecular formula is C17H24N2S. The lowest BCUT2D eigenvalue weighted by molar-refractivity contribution is 0.396. The predicted molar refractivity (Wildman–Crippen MR) is 91.1 cm³/mol. The summed E-state index contributed by atoms with van der Waals surface area (Å²) in [6, 6.07) is 8.40. The smallest absolute Gasteiger partial charge is 0.104 e. The standard InChI is InChI=1S/C17H24N2S/c1-3-5-6-13(4-2)12-19-10-9-14-11-15(17(18)20)7-8-16(14)19/h7-11,13H,3-6,12H2,1-2H3,(H2,18,20). The number of unbranched alkanes of at least 4 members (excludes halogenated alkanes) is 1. The Morgan fingerprint density at radius 3 is 2.75 bits per heavy atom. The topological polar surface area (TPSA) is 30.9 Å². The van der Waals surface area contributed by atoms with E-state index >= 15 is 0 Å². The van der Waals surface area contributed by atoms with E-state index in [2.05, 4.69) is 42.8 Å². The van der Waals surface area contributed by atoms with Crippen LogP contribution in [-0.2, 0) is 6.54 Å². The molecule has 1 heterocycles. The van der Waals surface area contributed by atoms with Gasteiger partial charge in [-0.1, -0.05) is 45.3 Å². The maximum atomic E-state index is 5.69. The summed E-state index contributed by atoms with van der Waals surface area (Å²) >= 11 is 5.04. The van der Waals surface area contributed by atoms with Crippen LogP contribution in [-0.4, -0.2) is 9.56 Å². The van der Waals surface area contributed by atoms with Crippen LogP contribution < -0.4 is 5.73 Å². The fourth-order valence-electron chi connectivity index (χ4n) is 2.71. The van der Waals surface area contributed by atoms with Gasteiger partial charge in [-0.05, 0) is 36.6 Å². The minimum Gasteiger partial charge on any atom is -0.389 e. The Bertz CT molecular complexity index is 586. The van der Waals surface area contributed by atoms with Gasteiger partial charge in [-0.3, -0.25) is 0 Å².